The highest BCUT2D eigenvalue weighted by Crippen LogP contribution is 2.48. The lowest BCUT2D eigenvalue weighted by atomic mass is 9.88. The van der Waals surface area contributed by atoms with E-state index < -0.39 is 0 Å². The number of thiophene rings is 1. The number of nitrogens with one attached hydrogen (secondary N) is 1. The summed E-state index contributed by atoms with van der Waals surface area (Å²) >= 11 is 1.46. The van der Waals surface area contributed by atoms with Crippen LogP contribution in [0.25, 0.3) is 0 Å². The van der Waals surface area contributed by atoms with Crippen LogP contribution in [0.4, 0.5) is 0 Å². The summed E-state index contributed by atoms with van der Waals surface area (Å²) in [7, 11) is 2.16. The first-order valence-electron chi connectivity index (χ1n) is 7.43. The van der Waals surface area contributed by atoms with Crippen LogP contribution in [-0.2, 0) is 6.54 Å². The normalized spacial score (nSPS) is 28.2. The summed E-state index contributed by atoms with van der Waals surface area (Å²) in [6.07, 6.45) is 5.76. The van der Waals surface area contributed by atoms with Crippen molar-refractivity contribution in [3.8, 4) is 0 Å². The van der Waals surface area contributed by atoms with Crippen molar-refractivity contribution in [1.82, 2.24) is 10.3 Å². The van der Waals surface area contributed by atoms with Crippen LogP contribution in [0.1, 0.15) is 40.9 Å². The fourth-order valence-corrected chi connectivity index (χ4v) is 4.90. The number of hydrogen-bond donors (Lipinski definition) is 2. The van der Waals surface area contributed by atoms with Crippen molar-refractivity contribution in [3.63, 3.8) is 0 Å². The van der Waals surface area contributed by atoms with E-state index in [2.05, 4.69) is 17.4 Å². The molecule has 2 aliphatic rings. The van der Waals surface area contributed by atoms with Crippen molar-refractivity contribution in [2.45, 2.75) is 32.2 Å². The number of carbonyl (C=O) groups excluding carboxylic acids is 1. The second-order valence-electron chi connectivity index (χ2n) is 6.38. The lowest BCUT2D eigenvalue weighted by molar-refractivity contribution is 0.0956. The number of fused-ring (bicyclic) bond motifs is 2. The zero-order chi connectivity index (χ0) is 14.1. The SMILES string of the molecule is CN(Cc1ccsc1C(=O)NN)CC1CC2CCC1C2. The van der Waals surface area contributed by atoms with E-state index in [4.69, 9.17) is 5.84 Å². The number of hydrazine groups is 1. The maximum absolute atomic E-state index is 11.7. The highest BCUT2D eigenvalue weighted by molar-refractivity contribution is 7.12. The van der Waals surface area contributed by atoms with Crippen LogP contribution in [-0.4, -0.2) is 24.4 Å². The molecule has 3 unspecified atom stereocenters. The molecular formula is C15H23N3OS. The molecule has 1 aromatic heterocycles. The third-order valence-corrected chi connectivity index (χ3v) is 5.91. The van der Waals surface area contributed by atoms with Gasteiger partial charge in [0.2, 0.25) is 0 Å². The quantitative estimate of drug-likeness (QED) is 0.497. The molecule has 3 atom stereocenters. The summed E-state index contributed by atoms with van der Waals surface area (Å²) in [5.41, 5.74) is 3.32. The van der Waals surface area contributed by atoms with Gasteiger partial charge >= 0.3 is 0 Å². The van der Waals surface area contributed by atoms with Crippen LogP contribution in [0.5, 0.6) is 0 Å². The minimum Gasteiger partial charge on any atom is -0.302 e. The topological polar surface area (TPSA) is 58.4 Å². The Labute approximate surface area is 124 Å². The summed E-state index contributed by atoms with van der Waals surface area (Å²) in [6, 6.07) is 2.03. The number of carbonyl (C=O) groups is 1. The van der Waals surface area contributed by atoms with Crippen molar-refractivity contribution in [3.05, 3.63) is 21.9 Å². The molecule has 2 aliphatic carbocycles. The lowest BCUT2D eigenvalue weighted by Gasteiger charge is -2.27. The zero-order valence-electron chi connectivity index (χ0n) is 12.0. The van der Waals surface area contributed by atoms with Gasteiger partial charge in [0, 0.05) is 13.1 Å². The molecule has 1 amide bonds. The van der Waals surface area contributed by atoms with Crippen LogP contribution in [0.2, 0.25) is 0 Å². The average Bonchev–Trinajstić information content (AvgIpc) is 3.13. The molecule has 0 aliphatic heterocycles. The van der Waals surface area contributed by atoms with Gasteiger partial charge in [-0.3, -0.25) is 10.2 Å². The number of amides is 1. The van der Waals surface area contributed by atoms with E-state index in [1.807, 2.05) is 11.4 Å². The Morgan fingerprint density at radius 2 is 2.35 bits per heavy atom. The van der Waals surface area contributed by atoms with Gasteiger partial charge in [-0.2, -0.15) is 0 Å². The Hall–Kier alpha value is -0.910. The molecule has 0 saturated heterocycles. The Kier molecular flexibility index (Phi) is 4.10. The van der Waals surface area contributed by atoms with Crippen LogP contribution < -0.4 is 11.3 Å². The van der Waals surface area contributed by atoms with E-state index in [0.717, 1.165) is 41.3 Å². The first-order chi connectivity index (χ1) is 9.67. The first kappa shape index (κ1) is 14.0. The number of hydrogen-bond acceptors (Lipinski definition) is 4. The number of nitrogens with two attached hydrogens (primary N) is 1. The van der Waals surface area contributed by atoms with Gasteiger partial charge in [-0.05, 0) is 61.1 Å². The highest BCUT2D eigenvalue weighted by Gasteiger charge is 2.39. The molecule has 0 radical (unpaired) electrons. The van der Waals surface area contributed by atoms with Crippen molar-refractivity contribution in [2.75, 3.05) is 13.6 Å². The van der Waals surface area contributed by atoms with Crippen molar-refractivity contribution in [1.29, 1.82) is 0 Å². The molecule has 1 aromatic rings. The summed E-state index contributed by atoms with van der Waals surface area (Å²) in [5, 5.41) is 1.96. The summed E-state index contributed by atoms with van der Waals surface area (Å²) in [4.78, 5) is 14.8. The summed E-state index contributed by atoms with van der Waals surface area (Å²) in [6.45, 7) is 1.99. The van der Waals surface area contributed by atoms with Crippen LogP contribution >= 0.6 is 11.3 Å². The molecule has 2 fully saturated rings. The minimum absolute atomic E-state index is 0.177. The minimum atomic E-state index is -0.177. The van der Waals surface area contributed by atoms with Gasteiger partial charge in [0.05, 0.1) is 4.88 Å². The molecular weight excluding hydrogens is 270 g/mol. The van der Waals surface area contributed by atoms with Gasteiger partial charge in [-0.1, -0.05) is 6.42 Å². The highest BCUT2D eigenvalue weighted by atomic mass is 32.1. The molecule has 20 heavy (non-hydrogen) atoms. The molecule has 0 aromatic carbocycles. The predicted molar refractivity (Wildman–Crippen MR) is 81.2 cm³/mol. The van der Waals surface area contributed by atoms with E-state index in [1.54, 1.807) is 0 Å². The van der Waals surface area contributed by atoms with Gasteiger partial charge < -0.3 is 4.90 Å². The second kappa shape index (κ2) is 5.84. The molecule has 4 nitrogen and oxygen atoms in total. The summed E-state index contributed by atoms with van der Waals surface area (Å²) in [5.74, 6) is 7.87. The number of nitrogens with zero attached hydrogens (tertiary/aromatic N) is 1. The van der Waals surface area contributed by atoms with E-state index in [9.17, 15) is 4.79 Å². The van der Waals surface area contributed by atoms with Crippen LogP contribution in [0, 0.1) is 17.8 Å². The number of rotatable bonds is 5. The first-order valence-corrected chi connectivity index (χ1v) is 8.31. The molecule has 110 valence electrons. The van der Waals surface area contributed by atoms with Crippen molar-refractivity contribution in [2.24, 2.45) is 23.6 Å². The van der Waals surface area contributed by atoms with Gasteiger partial charge in [-0.15, -0.1) is 11.3 Å². The van der Waals surface area contributed by atoms with Crippen LogP contribution in [0.3, 0.4) is 0 Å². The van der Waals surface area contributed by atoms with E-state index in [-0.39, 0.29) is 5.91 Å². The third-order valence-electron chi connectivity index (χ3n) is 4.96. The van der Waals surface area contributed by atoms with E-state index >= 15 is 0 Å². The van der Waals surface area contributed by atoms with Crippen molar-refractivity contribution < 1.29 is 4.79 Å². The second-order valence-corrected chi connectivity index (χ2v) is 7.30. The smallest absolute Gasteiger partial charge is 0.275 e. The molecule has 1 heterocycles. The largest absolute Gasteiger partial charge is 0.302 e. The van der Waals surface area contributed by atoms with Crippen LogP contribution in [0.15, 0.2) is 11.4 Å². The Morgan fingerprint density at radius 1 is 1.50 bits per heavy atom. The molecule has 3 N–H and O–H groups in total. The molecule has 5 heteroatoms. The zero-order valence-corrected chi connectivity index (χ0v) is 12.8. The van der Waals surface area contributed by atoms with Gasteiger partial charge in [0.25, 0.3) is 5.91 Å². The fourth-order valence-electron chi connectivity index (χ4n) is 4.08. The summed E-state index contributed by atoms with van der Waals surface area (Å²) < 4.78 is 0. The number of nitrogen functional groups attached to an aromatic ring is 1. The average molecular weight is 293 g/mol. The van der Waals surface area contributed by atoms with Gasteiger partial charge in [0.15, 0.2) is 0 Å². The van der Waals surface area contributed by atoms with E-state index in [0.29, 0.717) is 0 Å². The van der Waals surface area contributed by atoms with E-state index in [1.165, 1.54) is 37.0 Å². The maximum atomic E-state index is 11.7. The maximum Gasteiger partial charge on any atom is 0.275 e. The Bertz CT molecular complexity index is 487. The third kappa shape index (κ3) is 2.75. The monoisotopic (exact) mass is 293 g/mol. The molecule has 3 rings (SSSR count). The Balaban J connectivity index is 1.58. The molecule has 0 spiro atoms. The molecule has 2 bridgehead atoms. The van der Waals surface area contributed by atoms with Gasteiger partial charge in [-0.25, -0.2) is 5.84 Å². The molecule has 2 saturated carbocycles. The van der Waals surface area contributed by atoms with Crippen molar-refractivity contribution >= 4 is 17.2 Å². The predicted octanol–water partition coefficient (Wildman–Crippen LogP) is 2.22. The Morgan fingerprint density at radius 3 is 3.00 bits per heavy atom. The lowest BCUT2D eigenvalue weighted by Crippen LogP contribution is -2.32. The fraction of sp³-hybridized carbons (Fsp3) is 0.667. The van der Waals surface area contributed by atoms with Gasteiger partial charge in [0.1, 0.15) is 0 Å². The standard InChI is InChI=1S/C15H23N3OS/c1-18(9-13-7-10-2-3-11(13)6-10)8-12-4-5-20-14(12)15(19)17-16/h4-5,10-11,13H,2-3,6-9,16H2,1H3,(H,17,19).